The number of carbonyl (C=O) groups excluding carboxylic acids is 1. The number of amides is 1. The molecule has 1 unspecified atom stereocenters. The third-order valence-electron chi connectivity index (χ3n) is 4.94. The van der Waals surface area contributed by atoms with E-state index in [-0.39, 0.29) is 17.7 Å². The predicted molar refractivity (Wildman–Crippen MR) is 110 cm³/mol. The predicted octanol–water partition coefficient (Wildman–Crippen LogP) is 3.37. The molecule has 2 aliphatic heterocycles. The molecule has 31 heavy (non-hydrogen) atoms. The maximum Gasteiger partial charge on any atom is 0.573 e. The van der Waals surface area contributed by atoms with Gasteiger partial charge >= 0.3 is 6.36 Å². The van der Waals surface area contributed by atoms with Crippen molar-refractivity contribution in [3.63, 3.8) is 0 Å². The number of anilines is 1. The molecule has 166 valence electrons. The van der Waals surface area contributed by atoms with Crippen molar-refractivity contribution in [2.24, 2.45) is 16.6 Å². The van der Waals surface area contributed by atoms with Crippen LogP contribution in [0.2, 0.25) is 0 Å². The van der Waals surface area contributed by atoms with Gasteiger partial charge in [0.05, 0.1) is 18.9 Å². The van der Waals surface area contributed by atoms with Crippen molar-refractivity contribution in [3.05, 3.63) is 34.4 Å². The molecule has 2 aromatic heterocycles. The van der Waals surface area contributed by atoms with E-state index in [1.165, 1.54) is 23.1 Å². The number of halogens is 3. The molecular formula is C18H18F3N5O3S2. The van der Waals surface area contributed by atoms with E-state index in [1.807, 2.05) is 6.92 Å². The van der Waals surface area contributed by atoms with Crippen molar-refractivity contribution < 1.29 is 27.4 Å². The van der Waals surface area contributed by atoms with E-state index in [0.29, 0.717) is 22.6 Å². The Labute approximate surface area is 183 Å². The summed E-state index contributed by atoms with van der Waals surface area (Å²) in [5, 5.41) is 5.44. The standard InChI is InChI=1S/C18H18F3N5O3S2/c1-9-4-10-6-31-16(22)26-17(10,8-28-9)15-25-13(7-30-15)24-14(27)12-3-2-11(5-23-12)29-18(19,20)21/h2-3,5,7,9-10H,4,6,8H2,1H3,(H2,22,26)(H,24,27)/t9-,10-,17?/m0/s1. The first-order valence-electron chi connectivity index (χ1n) is 9.23. The summed E-state index contributed by atoms with van der Waals surface area (Å²) in [7, 11) is 0. The number of carbonyl (C=O) groups is 1. The molecule has 1 fully saturated rings. The van der Waals surface area contributed by atoms with Crippen LogP contribution in [0.15, 0.2) is 28.7 Å². The van der Waals surface area contributed by atoms with Crippen molar-refractivity contribution in [1.82, 2.24) is 9.97 Å². The Morgan fingerprint density at radius 3 is 2.94 bits per heavy atom. The monoisotopic (exact) mass is 473 g/mol. The lowest BCUT2D eigenvalue weighted by Crippen LogP contribution is -2.49. The highest BCUT2D eigenvalue weighted by Crippen LogP contribution is 2.47. The molecule has 0 aliphatic carbocycles. The van der Waals surface area contributed by atoms with E-state index >= 15 is 0 Å². The molecule has 4 heterocycles. The molecule has 0 spiro atoms. The molecule has 2 aromatic rings. The Hall–Kier alpha value is -2.38. The van der Waals surface area contributed by atoms with Gasteiger partial charge in [-0.2, -0.15) is 0 Å². The van der Waals surface area contributed by atoms with Crippen LogP contribution in [0.25, 0.3) is 0 Å². The number of nitrogens with one attached hydrogen (secondary N) is 1. The number of aromatic nitrogens is 2. The lowest BCUT2D eigenvalue weighted by Gasteiger charge is -2.44. The SMILES string of the molecule is C[C@H]1C[C@H]2CSC(N)=NC2(c2nc(NC(=O)c3ccc(OC(F)(F)F)cn3)cs2)CO1. The normalized spacial score (nSPS) is 26.0. The number of hydrogen-bond acceptors (Lipinski definition) is 9. The summed E-state index contributed by atoms with van der Waals surface area (Å²) in [5.41, 5.74) is 5.22. The minimum atomic E-state index is -4.83. The summed E-state index contributed by atoms with van der Waals surface area (Å²) >= 11 is 2.85. The van der Waals surface area contributed by atoms with Gasteiger partial charge in [0.2, 0.25) is 0 Å². The minimum Gasteiger partial charge on any atom is -0.404 e. The van der Waals surface area contributed by atoms with Crippen molar-refractivity contribution in [2.75, 3.05) is 17.7 Å². The van der Waals surface area contributed by atoms with Crippen LogP contribution < -0.4 is 15.8 Å². The number of thiazole rings is 1. The summed E-state index contributed by atoms with van der Waals surface area (Å²) in [6.45, 7) is 2.37. The maximum atomic E-state index is 12.4. The summed E-state index contributed by atoms with van der Waals surface area (Å²) in [6.07, 6.45) is -3.07. The van der Waals surface area contributed by atoms with Crippen molar-refractivity contribution in [1.29, 1.82) is 0 Å². The van der Waals surface area contributed by atoms with Gasteiger partial charge in [-0.15, -0.1) is 24.5 Å². The number of thioether (sulfide) groups is 1. The molecule has 13 heteroatoms. The van der Waals surface area contributed by atoms with Crippen LogP contribution in [0.4, 0.5) is 19.0 Å². The number of amidine groups is 1. The molecule has 0 bridgehead atoms. The fourth-order valence-electron chi connectivity index (χ4n) is 3.50. The lowest BCUT2D eigenvalue weighted by molar-refractivity contribution is -0.274. The Kier molecular flexibility index (Phi) is 5.83. The molecule has 3 atom stereocenters. The van der Waals surface area contributed by atoms with Gasteiger partial charge in [0, 0.05) is 17.1 Å². The van der Waals surface area contributed by atoms with Crippen molar-refractivity contribution >= 4 is 40.0 Å². The number of nitrogens with zero attached hydrogens (tertiary/aromatic N) is 3. The van der Waals surface area contributed by atoms with Crippen LogP contribution in [0, 0.1) is 5.92 Å². The molecule has 0 saturated carbocycles. The zero-order valence-corrected chi connectivity index (χ0v) is 17.8. The highest BCUT2D eigenvalue weighted by molar-refractivity contribution is 8.13. The number of ether oxygens (including phenoxy) is 2. The quantitative estimate of drug-likeness (QED) is 0.700. The van der Waals surface area contributed by atoms with Gasteiger partial charge in [-0.25, -0.2) is 15.0 Å². The zero-order valence-electron chi connectivity index (χ0n) is 16.2. The van der Waals surface area contributed by atoms with E-state index in [1.54, 1.807) is 5.38 Å². The summed E-state index contributed by atoms with van der Waals surface area (Å²) < 4.78 is 46.3. The zero-order chi connectivity index (χ0) is 22.2. The molecule has 1 amide bonds. The van der Waals surface area contributed by atoms with Gasteiger partial charge in [-0.05, 0) is 25.5 Å². The van der Waals surface area contributed by atoms with Gasteiger partial charge in [-0.1, -0.05) is 11.8 Å². The lowest BCUT2D eigenvalue weighted by atomic mass is 9.80. The van der Waals surface area contributed by atoms with Gasteiger partial charge in [0.15, 0.2) is 5.17 Å². The topological polar surface area (TPSA) is 112 Å². The number of rotatable bonds is 4. The summed E-state index contributed by atoms with van der Waals surface area (Å²) in [4.78, 5) is 25.4. The smallest absolute Gasteiger partial charge is 0.404 e. The second-order valence-corrected chi connectivity index (χ2v) is 9.06. The van der Waals surface area contributed by atoms with Gasteiger partial charge in [0.25, 0.3) is 5.91 Å². The molecule has 8 nitrogen and oxygen atoms in total. The van der Waals surface area contributed by atoms with Gasteiger partial charge < -0.3 is 20.5 Å². The molecule has 3 N–H and O–H groups in total. The van der Waals surface area contributed by atoms with Crippen LogP contribution in [-0.2, 0) is 10.3 Å². The number of fused-ring (bicyclic) bond motifs is 1. The molecule has 2 aliphatic rings. The van der Waals surface area contributed by atoms with Gasteiger partial charge in [-0.3, -0.25) is 4.79 Å². The second-order valence-electron chi connectivity index (χ2n) is 7.16. The average molecular weight is 474 g/mol. The Morgan fingerprint density at radius 2 is 2.23 bits per heavy atom. The van der Waals surface area contributed by atoms with E-state index < -0.39 is 23.6 Å². The fourth-order valence-corrected chi connectivity index (χ4v) is 5.47. The first-order chi connectivity index (χ1) is 14.6. The van der Waals surface area contributed by atoms with Crippen molar-refractivity contribution in [3.8, 4) is 5.75 Å². The van der Waals surface area contributed by atoms with Crippen LogP contribution >= 0.6 is 23.1 Å². The van der Waals surface area contributed by atoms with E-state index in [4.69, 9.17) is 10.5 Å². The third kappa shape index (κ3) is 4.77. The first kappa shape index (κ1) is 21.8. The average Bonchev–Trinajstić information content (AvgIpc) is 3.16. The first-order valence-corrected chi connectivity index (χ1v) is 11.1. The van der Waals surface area contributed by atoms with Crippen molar-refractivity contribution in [2.45, 2.75) is 31.3 Å². The highest BCUT2D eigenvalue weighted by Gasteiger charge is 2.49. The molecule has 0 aromatic carbocycles. The number of pyridine rings is 1. The molecule has 4 rings (SSSR count). The van der Waals surface area contributed by atoms with Crippen LogP contribution in [-0.4, -0.2) is 45.9 Å². The van der Waals surface area contributed by atoms with Gasteiger partial charge in [0.1, 0.15) is 27.8 Å². The number of aliphatic imine (C=N–C) groups is 1. The molecular weight excluding hydrogens is 455 g/mol. The van der Waals surface area contributed by atoms with Crippen LogP contribution in [0.5, 0.6) is 5.75 Å². The Bertz CT molecular complexity index is 998. The van der Waals surface area contributed by atoms with Crippen LogP contribution in [0.1, 0.15) is 28.8 Å². The number of nitrogens with two attached hydrogens (primary N) is 1. The largest absolute Gasteiger partial charge is 0.573 e. The second kappa shape index (κ2) is 8.28. The number of hydrogen-bond donors (Lipinski definition) is 2. The Morgan fingerprint density at radius 1 is 1.42 bits per heavy atom. The molecule has 1 saturated heterocycles. The number of alkyl halides is 3. The summed E-state index contributed by atoms with van der Waals surface area (Å²) in [6, 6.07) is 2.15. The van der Waals surface area contributed by atoms with E-state index in [2.05, 4.69) is 25.0 Å². The highest BCUT2D eigenvalue weighted by atomic mass is 32.2. The third-order valence-corrected chi connectivity index (χ3v) is 6.91. The maximum absolute atomic E-state index is 12.4. The minimum absolute atomic E-state index is 0.0775. The van der Waals surface area contributed by atoms with E-state index in [0.717, 1.165) is 30.5 Å². The van der Waals surface area contributed by atoms with E-state index in [9.17, 15) is 18.0 Å². The molecule has 0 radical (unpaired) electrons. The Balaban J connectivity index is 1.50. The summed E-state index contributed by atoms with van der Waals surface area (Å²) in [5.74, 6) is 0.176. The van der Waals surface area contributed by atoms with Crippen LogP contribution in [0.3, 0.4) is 0 Å². The fraction of sp³-hybridized carbons (Fsp3) is 0.444.